The fourth-order valence-corrected chi connectivity index (χ4v) is 3.98. The molecule has 0 aliphatic rings. The molecule has 0 spiro atoms. The third-order valence-corrected chi connectivity index (χ3v) is 5.68. The van der Waals surface area contributed by atoms with Crippen LogP contribution in [0.15, 0.2) is 78.9 Å². The van der Waals surface area contributed by atoms with E-state index in [4.69, 9.17) is 9.47 Å². The molecule has 3 rings (SSSR count). The van der Waals surface area contributed by atoms with Crippen molar-refractivity contribution in [1.82, 2.24) is 0 Å². The first-order chi connectivity index (χ1) is 16.2. The van der Waals surface area contributed by atoms with Gasteiger partial charge >= 0.3 is 5.97 Å². The minimum absolute atomic E-state index is 0.167. The minimum Gasteiger partial charge on any atom is -0.497 e. The van der Waals surface area contributed by atoms with Gasteiger partial charge < -0.3 is 9.47 Å². The van der Waals surface area contributed by atoms with E-state index in [-0.39, 0.29) is 6.42 Å². The molecule has 5 nitrogen and oxygen atoms in total. The Bertz CT molecular complexity index is 1200. The van der Waals surface area contributed by atoms with E-state index in [1.54, 1.807) is 31.4 Å². The van der Waals surface area contributed by atoms with Gasteiger partial charge in [-0.05, 0) is 68.1 Å². The molecule has 0 saturated carbocycles. The van der Waals surface area contributed by atoms with Crippen LogP contribution in [0.2, 0.25) is 0 Å². The Labute approximate surface area is 201 Å². The highest BCUT2D eigenvalue weighted by Crippen LogP contribution is 2.42. The second kappa shape index (κ2) is 10.2. The van der Waals surface area contributed by atoms with Crippen molar-refractivity contribution in [1.29, 1.82) is 10.5 Å². The monoisotopic (exact) mass is 452 g/mol. The topological polar surface area (TPSA) is 83.1 Å². The molecule has 0 heterocycles. The number of hydrogen-bond donors (Lipinski definition) is 0. The third-order valence-electron chi connectivity index (χ3n) is 5.68. The van der Waals surface area contributed by atoms with Crippen LogP contribution in [0, 0.1) is 22.7 Å². The third kappa shape index (κ3) is 5.45. The lowest BCUT2D eigenvalue weighted by Gasteiger charge is -2.33. The first-order valence-corrected chi connectivity index (χ1v) is 11.1. The highest BCUT2D eigenvalue weighted by Gasteiger charge is 2.41. The Morgan fingerprint density at radius 3 is 1.97 bits per heavy atom. The lowest BCUT2D eigenvalue weighted by atomic mass is 9.69. The van der Waals surface area contributed by atoms with E-state index >= 15 is 0 Å². The molecule has 5 heteroatoms. The number of ether oxygens (including phenoxy) is 2. The van der Waals surface area contributed by atoms with Crippen LogP contribution >= 0.6 is 0 Å². The zero-order chi connectivity index (χ0) is 24.8. The van der Waals surface area contributed by atoms with Gasteiger partial charge in [-0.3, -0.25) is 4.79 Å². The van der Waals surface area contributed by atoms with Crippen molar-refractivity contribution in [2.45, 2.75) is 44.1 Å². The number of carbonyl (C=O) groups is 1. The summed E-state index contributed by atoms with van der Waals surface area (Å²) < 4.78 is 11.1. The summed E-state index contributed by atoms with van der Waals surface area (Å²) >= 11 is 0. The highest BCUT2D eigenvalue weighted by atomic mass is 16.6. The Kier molecular flexibility index (Phi) is 7.39. The van der Waals surface area contributed by atoms with E-state index in [9.17, 15) is 15.3 Å². The lowest BCUT2D eigenvalue weighted by Crippen LogP contribution is -2.34. The van der Waals surface area contributed by atoms with Crippen molar-refractivity contribution >= 4 is 5.97 Å². The zero-order valence-electron chi connectivity index (χ0n) is 19.9. The Morgan fingerprint density at radius 1 is 0.882 bits per heavy atom. The molecule has 0 aromatic heterocycles. The molecule has 3 aromatic rings. The van der Waals surface area contributed by atoms with Crippen LogP contribution in [0.25, 0.3) is 0 Å². The van der Waals surface area contributed by atoms with Crippen molar-refractivity contribution in [3.05, 3.63) is 101 Å². The van der Waals surface area contributed by atoms with Crippen molar-refractivity contribution in [3.63, 3.8) is 0 Å². The fourth-order valence-electron chi connectivity index (χ4n) is 3.98. The maximum atomic E-state index is 13.5. The lowest BCUT2D eigenvalue weighted by molar-refractivity contribution is -0.157. The van der Waals surface area contributed by atoms with Crippen LogP contribution in [0.5, 0.6) is 5.75 Å². The van der Waals surface area contributed by atoms with Crippen molar-refractivity contribution in [2.75, 3.05) is 7.11 Å². The molecule has 0 N–H and O–H groups in total. The molecule has 0 bridgehead atoms. The summed E-state index contributed by atoms with van der Waals surface area (Å²) in [6.45, 7) is 5.46. The Balaban J connectivity index is 2.17. The van der Waals surface area contributed by atoms with Crippen molar-refractivity contribution in [3.8, 4) is 17.9 Å². The number of methoxy groups -OCH3 is 1. The molecule has 2 unspecified atom stereocenters. The second-order valence-corrected chi connectivity index (χ2v) is 9.14. The van der Waals surface area contributed by atoms with Gasteiger partial charge in [-0.25, -0.2) is 0 Å². The minimum atomic E-state index is -1.12. The van der Waals surface area contributed by atoms with Gasteiger partial charge in [-0.2, -0.15) is 10.5 Å². The van der Waals surface area contributed by atoms with Gasteiger partial charge in [-0.15, -0.1) is 0 Å². The molecular formula is C29H28N2O3. The molecule has 0 saturated heterocycles. The maximum Gasteiger partial charge on any atom is 0.314 e. The second-order valence-electron chi connectivity index (χ2n) is 9.14. The zero-order valence-corrected chi connectivity index (χ0v) is 19.9. The van der Waals surface area contributed by atoms with Gasteiger partial charge in [-0.1, -0.05) is 54.6 Å². The summed E-state index contributed by atoms with van der Waals surface area (Å²) in [4.78, 5) is 13.5. The normalized spacial score (nSPS) is 13.6. The average Bonchev–Trinajstić information content (AvgIpc) is 2.85. The van der Waals surface area contributed by atoms with Gasteiger partial charge in [0.25, 0.3) is 0 Å². The quantitative estimate of drug-likeness (QED) is 0.417. The van der Waals surface area contributed by atoms with E-state index in [0.29, 0.717) is 16.9 Å². The predicted molar refractivity (Wildman–Crippen MR) is 130 cm³/mol. The van der Waals surface area contributed by atoms with E-state index in [1.165, 1.54) is 0 Å². The molecule has 0 amide bonds. The van der Waals surface area contributed by atoms with Crippen LogP contribution in [0.3, 0.4) is 0 Å². The van der Waals surface area contributed by atoms with Gasteiger partial charge in [0.1, 0.15) is 16.8 Å². The smallest absolute Gasteiger partial charge is 0.314 e. The number of carbonyl (C=O) groups excluding carboxylic acids is 1. The van der Waals surface area contributed by atoms with Crippen LogP contribution in [-0.2, 0) is 14.9 Å². The summed E-state index contributed by atoms with van der Waals surface area (Å²) in [6.07, 6.45) is 0.167. The van der Waals surface area contributed by atoms with Gasteiger partial charge in [0, 0.05) is 0 Å². The average molecular weight is 453 g/mol. The van der Waals surface area contributed by atoms with Crippen molar-refractivity contribution < 1.29 is 14.3 Å². The Morgan fingerprint density at radius 2 is 1.47 bits per heavy atom. The molecule has 3 aromatic carbocycles. The van der Waals surface area contributed by atoms with Crippen LogP contribution in [0.4, 0.5) is 0 Å². The largest absolute Gasteiger partial charge is 0.497 e. The van der Waals surface area contributed by atoms with Crippen LogP contribution < -0.4 is 4.74 Å². The predicted octanol–water partition coefficient (Wildman–Crippen LogP) is 5.89. The van der Waals surface area contributed by atoms with Gasteiger partial charge in [0.05, 0.1) is 30.7 Å². The first kappa shape index (κ1) is 24.6. The van der Waals surface area contributed by atoms with Gasteiger partial charge in [0.2, 0.25) is 0 Å². The van der Waals surface area contributed by atoms with E-state index in [2.05, 4.69) is 12.1 Å². The summed E-state index contributed by atoms with van der Waals surface area (Å²) in [7, 11) is 1.59. The molecule has 2 atom stereocenters. The molecule has 0 radical (unpaired) electrons. The summed E-state index contributed by atoms with van der Waals surface area (Å²) in [5.41, 5.74) is 0.912. The van der Waals surface area contributed by atoms with E-state index in [0.717, 1.165) is 11.1 Å². The summed E-state index contributed by atoms with van der Waals surface area (Å²) in [5, 5.41) is 19.8. The molecule has 34 heavy (non-hydrogen) atoms. The van der Waals surface area contributed by atoms with Crippen LogP contribution in [-0.4, -0.2) is 18.7 Å². The molecule has 0 aliphatic carbocycles. The number of benzene rings is 3. The molecule has 172 valence electrons. The molecular weight excluding hydrogens is 424 g/mol. The first-order valence-electron chi connectivity index (χ1n) is 11.1. The maximum absolute atomic E-state index is 13.5. The molecule has 0 fully saturated rings. The fraction of sp³-hybridized carbons (Fsp3) is 0.276. The van der Waals surface area contributed by atoms with E-state index in [1.807, 2.05) is 75.4 Å². The number of nitrogens with zero attached hydrogens (tertiary/aromatic N) is 2. The number of nitriles is 2. The Hall–Kier alpha value is -4.09. The standard InChI is InChI=1S/C29H28N2O3/c1-28(2,3)34-27(32)26(22-12-10-21(19-30)11-13-22)18-29(20-31,23-8-6-5-7-9-23)24-14-16-25(33-4)17-15-24/h5-17,26H,18H2,1-4H3. The van der Waals surface area contributed by atoms with Crippen molar-refractivity contribution in [2.24, 2.45) is 0 Å². The summed E-state index contributed by atoms with van der Waals surface area (Å²) in [5.74, 6) is -0.463. The van der Waals surface area contributed by atoms with Gasteiger partial charge in [0.15, 0.2) is 0 Å². The highest BCUT2D eigenvalue weighted by molar-refractivity contribution is 5.79. The SMILES string of the molecule is COc1ccc(C(C#N)(CC(C(=O)OC(C)(C)C)c2ccc(C#N)cc2)c2ccccc2)cc1. The number of hydrogen-bond acceptors (Lipinski definition) is 5. The van der Waals surface area contributed by atoms with E-state index < -0.39 is 22.9 Å². The summed E-state index contributed by atoms with van der Waals surface area (Å²) in [6, 6.07) is 28.3. The number of esters is 1. The van der Waals surface area contributed by atoms with Crippen LogP contribution in [0.1, 0.15) is 55.4 Å². The number of rotatable bonds is 7. The molecule has 0 aliphatic heterocycles.